The van der Waals surface area contributed by atoms with E-state index in [0.717, 1.165) is 27.8 Å². The van der Waals surface area contributed by atoms with Crippen molar-refractivity contribution in [1.82, 2.24) is 0 Å². The minimum Gasteiger partial charge on any atom is -0.478 e. The maximum Gasteiger partial charge on any atom is 0.335 e. The second kappa shape index (κ2) is 3.32. The normalized spacial score (nSPS) is 12.1. The van der Waals surface area contributed by atoms with Crippen LogP contribution in [0, 0.1) is 0 Å². The molecule has 0 amide bonds. The third-order valence-corrected chi connectivity index (χ3v) is 3.13. The molecule has 0 saturated heterocycles. The van der Waals surface area contributed by atoms with E-state index in [-0.39, 0.29) is 0 Å². The molecule has 1 aliphatic rings. The Morgan fingerprint density at radius 1 is 0.941 bits per heavy atom. The van der Waals surface area contributed by atoms with Gasteiger partial charge in [0.15, 0.2) is 0 Å². The minimum absolute atomic E-state index is 0.303. The van der Waals surface area contributed by atoms with Crippen molar-refractivity contribution in [1.29, 1.82) is 0 Å². The molecule has 0 radical (unpaired) electrons. The van der Waals surface area contributed by atoms with Crippen LogP contribution in [0.2, 0.25) is 0 Å². The van der Waals surface area contributed by atoms with Crippen molar-refractivity contribution in [2.45, 2.75) is 0 Å². The summed E-state index contributed by atoms with van der Waals surface area (Å²) in [5.74, 6) is -0.906. The van der Waals surface area contributed by atoms with Gasteiger partial charge in [-0.3, -0.25) is 0 Å². The van der Waals surface area contributed by atoms with Crippen LogP contribution >= 0.6 is 0 Å². The van der Waals surface area contributed by atoms with E-state index in [1.54, 1.807) is 12.1 Å². The van der Waals surface area contributed by atoms with E-state index < -0.39 is 5.97 Å². The summed E-state index contributed by atoms with van der Waals surface area (Å²) in [6.45, 7) is 4.04. The molecule has 3 rings (SSSR count). The highest BCUT2D eigenvalue weighted by atomic mass is 16.4. The van der Waals surface area contributed by atoms with E-state index in [1.165, 1.54) is 0 Å². The summed E-state index contributed by atoms with van der Waals surface area (Å²) < 4.78 is 0. The zero-order valence-electron chi connectivity index (χ0n) is 9.10. The number of fused-ring (bicyclic) bond motifs is 3. The Labute approximate surface area is 98.8 Å². The Kier molecular flexibility index (Phi) is 1.92. The number of hydrogen-bond donors (Lipinski definition) is 1. The second-order valence-electron chi connectivity index (χ2n) is 4.09. The molecule has 0 atom stereocenters. The molecule has 2 heteroatoms. The van der Waals surface area contributed by atoms with E-state index in [1.807, 2.05) is 30.3 Å². The van der Waals surface area contributed by atoms with Crippen LogP contribution in [-0.2, 0) is 0 Å². The van der Waals surface area contributed by atoms with Crippen molar-refractivity contribution in [3.8, 4) is 11.1 Å². The van der Waals surface area contributed by atoms with Crippen LogP contribution in [0.3, 0.4) is 0 Å². The minimum atomic E-state index is -0.906. The molecule has 0 saturated carbocycles. The first-order valence-corrected chi connectivity index (χ1v) is 5.35. The lowest BCUT2D eigenvalue weighted by Gasteiger charge is -2.01. The molecule has 82 valence electrons. The number of carboxylic acid groups (broad SMARTS) is 1. The average molecular weight is 222 g/mol. The van der Waals surface area contributed by atoms with Gasteiger partial charge in [0.25, 0.3) is 0 Å². The molecule has 0 aromatic heterocycles. The quantitative estimate of drug-likeness (QED) is 0.684. The summed E-state index contributed by atoms with van der Waals surface area (Å²) in [7, 11) is 0. The van der Waals surface area contributed by atoms with Crippen molar-refractivity contribution >= 4 is 11.5 Å². The van der Waals surface area contributed by atoms with E-state index in [0.29, 0.717) is 5.56 Å². The zero-order chi connectivity index (χ0) is 12.0. The Bertz CT molecular complexity index is 654. The van der Waals surface area contributed by atoms with Crippen molar-refractivity contribution in [3.05, 3.63) is 65.7 Å². The first-order valence-electron chi connectivity index (χ1n) is 5.35. The molecule has 0 aliphatic heterocycles. The van der Waals surface area contributed by atoms with Crippen LogP contribution in [0.4, 0.5) is 0 Å². The SMILES string of the molecule is C=C1c2ccccc2-c2ccc(C(=O)O)cc21. The van der Waals surface area contributed by atoms with E-state index in [9.17, 15) is 4.79 Å². The van der Waals surface area contributed by atoms with Crippen molar-refractivity contribution in [2.75, 3.05) is 0 Å². The van der Waals surface area contributed by atoms with E-state index in [4.69, 9.17) is 5.11 Å². The third kappa shape index (κ3) is 1.31. The largest absolute Gasteiger partial charge is 0.478 e. The Balaban J connectivity index is 2.28. The van der Waals surface area contributed by atoms with Crippen molar-refractivity contribution in [2.24, 2.45) is 0 Å². The molecule has 1 N–H and O–H groups in total. The molecule has 1 aliphatic carbocycles. The fourth-order valence-corrected chi connectivity index (χ4v) is 2.29. The second-order valence-corrected chi connectivity index (χ2v) is 4.09. The van der Waals surface area contributed by atoms with E-state index >= 15 is 0 Å². The van der Waals surface area contributed by atoms with Gasteiger partial charge in [-0.25, -0.2) is 4.79 Å². The average Bonchev–Trinajstić information content (AvgIpc) is 2.64. The molecular formula is C15H10O2. The highest BCUT2D eigenvalue weighted by molar-refractivity contribution is 6.02. The third-order valence-electron chi connectivity index (χ3n) is 3.13. The summed E-state index contributed by atoms with van der Waals surface area (Å²) >= 11 is 0. The first-order chi connectivity index (χ1) is 8.18. The number of benzene rings is 2. The fraction of sp³-hybridized carbons (Fsp3) is 0. The lowest BCUT2D eigenvalue weighted by molar-refractivity contribution is 0.0697. The topological polar surface area (TPSA) is 37.3 Å². The maximum atomic E-state index is 11.0. The number of hydrogen-bond acceptors (Lipinski definition) is 1. The van der Waals surface area contributed by atoms with Gasteiger partial charge in [-0.1, -0.05) is 36.9 Å². The molecule has 0 heterocycles. The monoisotopic (exact) mass is 222 g/mol. The summed E-state index contributed by atoms with van der Waals surface area (Å²) in [6, 6.07) is 13.2. The predicted molar refractivity (Wildman–Crippen MR) is 67.0 cm³/mol. The summed E-state index contributed by atoms with van der Waals surface area (Å²) in [5, 5.41) is 8.99. The molecule has 17 heavy (non-hydrogen) atoms. The van der Waals surface area contributed by atoms with Gasteiger partial charge < -0.3 is 5.11 Å². The van der Waals surface area contributed by atoms with E-state index in [2.05, 4.69) is 6.58 Å². The predicted octanol–water partition coefficient (Wildman–Crippen LogP) is 3.43. The van der Waals surface area contributed by atoms with Gasteiger partial charge >= 0.3 is 5.97 Å². The number of rotatable bonds is 1. The van der Waals surface area contributed by atoms with Crippen molar-refractivity contribution < 1.29 is 9.90 Å². The molecule has 0 unspecified atom stereocenters. The molecule has 0 spiro atoms. The van der Waals surface area contributed by atoms with Gasteiger partial charge in [-0.2, -0.15) is 0 Å². The lowest BCUT2D eigenvalue weighted by Crippen LogP contribution is -1.96. The van der Waals surface area contributed by atoms with Gasteiger partial charge in [0, 0.05) is 0 Å². The molecule has 0 bridgehead atoms. The fourth-order valence-electron chi connectivity index (χ4n) is 2.29. The first kappa shape index (κ1) is 9.85. The van der Waals surface area contributed by atoms with Crippen LogP contribution in [0.15, 0.2) is 49.0 Å². The van der Waals surface area contributed by atoms with Crippen LogP contribution in [0.5, 0.6) is 0 Å². The molecule has 0 fully saturated rings. The standard InChI is InChI=1S/C15H10O2/c1-9-11-4-2-3-5-12(11)13-7-6-10(15(16)17)8-14(9)13/h2-8H,1H2,(H,16,17). The summed E-state index contributed by atoms with van der Waals surface area (Å²) in [5.41, 5.74) is 5.41. The highest BCUT2D eigenvalue weighted by Gasteiger charge is 2.22. The molecule has 2 aromatic carbocycles. The lowest BCUT2D eigenvalue weighted by atomic mass is 10.0. The van der Waals surface area contributed by atoms with Crippen LogP contribution in [-0.4, -0.2) is 11.1 Å². The molecule has 2 nitrogen and oxygen atoms in total. The Hall–Kier alpha value is -2.35. The van der Waals surface area contributed by atoms with Gasteiger partial charge in [0.1, 0.15) is 0 Å². The van der Waals surface area contributed by atoms with Gasteiger partial charge in [0.05, 0.1) is 5.56 Å². The summed E-state index contributed by atoms with van der Waals surface area (Å²) in [4.78, 5) is 11.0. The number of carboxylic acids is 1. The Morgan fingerprint density at radius 3 is 2.29 bits per heavy atom. The van der Waals surface area contributed by atoms with Gasteiger partial charge in [-0.05, 0) is 40.0 Å². The van der Waals surface area contributed by atoms with Gasteiger partial charge in [-0.15, -0.1) is 0 Å². The van der Waals surface area contributed by atoms with Gasteiger partial charge in [0.2, 0.25) is 0 Å². The number of carbonyl (C=O) groups is 1. The smallest absolute Gasteiger partial charge is 0.335 e. The van der Waals surface area contributed by atoms with Crippen LogP contribution in [0.1, 0.15) is 21.5 Å². The van der Waals surface area contributed by atoms with Crippen LogP contribution < -0.4 is 0 Å². The molecular weight excluding hydrogens is 212 g/mol. The number of aromatic carboxylic acids is 1. The molecule has 2 aromatic rings. The Morgan fingerprint density at radius 2 is 1.59 bits per heavy atom. The highest BCUT2D eigenvalue weighted by Crippen LogP contribution is 2.43. The summed E-state index contributed by atoms with van der Waals surface area (Å²) in [6.07, 6.45) is 0. The van der Waals surface area contributed by atoms with Crippen molar-refractivity contribution in [3.63, 3.8) is 0 Å². The maximum absolute atomic E-state index is 11.0. The van der Waals surface area contributed by atoms with Crippen LogP contribution in [0.25, 0.3) is 16.7 Å². The zero-order valence-corrected chi connectivity index (χ0v) is 9.10.